The molecule has 0 radical (unpaired) electrons. The van der Waals surface area contributed by atoms with Gasteiger partial charge in [-0.1, -0.05) is 52.1 Å². The standard InChI is InChI=1S/C15H35N3Si/c1-7-8-9-10-11-12-13-16-15(17(2)3)18(4)14-19(5)6/h19H,7-14H2,1-6H3. The first-order valence-corrected chi connectivity index (χ1v) is 11.0. The molecule has 0 spiro atoms. The highest BCUT2D eigenvalue weighted by Crippen LogP contribution is 2.05. The van der Waals surface area contributed by atoms with Crippen molar-refractivity contribution in [3.05, 3.63) is 0 Å². The third kappa shape index (κ3) is 9.99. The molecule has 0 saturated carbocycles. The van der Waals surface area contributed by atoms with E-state index in [2.05, 4.69) is 51.0 Å². The molecule has 0 aromatic carbocycles. The Balaban J connectivity index is 3.99. The Morgan fingerprint density at radius 2 is 1.53 bits per heavy atom. The van der Waals surface area contributed by atoms with Crippen LogP contribution >= 0.6 is 0 Å². The summed E-state index contributed by atoms with van der Waals surface area (Å²) < 4.78 is 0. The molecule has 114 valence electrons. The van der Waals surface area contributed by atoms with E-state index in [1.54, 1.807) is 0 Å². The zero-order valence-electron chi connectivity index (χ0n) is 14.1. The molecular formula is C15H35N3Si. The first-order chi connectivity index (χ1) is 8.99. The van der Waals surface area contributed by atoms with E-state index < -0.39 is 8.80 Å². The third-order valence-corrected chi connectivity index (χ3v) is 4.42. The number of aliphatic imine (C=N–C) groups is 1. The molecule has 19 heavy (non-hydrogen) atoms. The molecule has 0 bridgehead atoms. The van der Waals surface area contributed by atoms with Crippen molar-refractivity contribution >= 4 is 14.8 Å². The molecule has 0 saturated heterocycles. The van der Waals surface area contributed by atoms with Gasteiger partial charge in [0.15, 0.2) is 5.96 Å². The van der Waals surface area contributed by atoms with Crippen LogP contribution in [-0.2, 0) is 0 Å². The highest BCUT2D eigenvalue weighted by Gasteiger charge is 2.10. The summed E-state index contributed by atoms with van der Waals surface area (Å²) in [5.41, 5.74) is 0. The second kappa shape index (κ2) is 11.3. The van der Waals surface area contributed by atoms with Crippen molar-refractivity contribution < 1.29 is 0 Å². The number of nitrogens with zero attached hydrogens (tertiary/aromatic N) is 3. The molecule has 0 amide bonds. The number of unbranched alkanes of at least 4 members (excludes halogenated alkanes) is 5. The maximum absolute atomic E-state index is 4.78. The van der Waals surface area contributed by atoms with Gasteiger partial charge in [-0.15, -0.1) is 0 Å². The molecule has 0 N–H and O–H groups in total. The van der Waals surface area contributed by atoms with Crippen molar-refractivity contribution in [1.29, 1.82) is 0 Å². The van der Waals surface area contributed by atoms with Crippen molar-refractivity contribution in [2.75, 3.05) is 33.9 Å². The first kappa shape index (κ1) is 18.5. The quantitative estimate of drug-likeness (QED) is 0.280. The number of hydrogen-bond donors (Lipinski definition) is 0. The lowest BCUT2D eigenvalue weighted by Gasteiger charge is -2.27. The van der Waals surface area contributed by atoms with Crippen molar-refractivity contribution in [3.8, 4) is 0 Å². The van der Waals surface area contributed by atoms with Gasteiger partial charge in [0.25, 0.3) is 0 Å². The fraction of sp³-hybridized carbons (Fsp3) is 0.933. The molecule has 0 rings (SSSR count). The van der Waals surface area contributed by atoms with Crippen LogP contribution in [0.5, 0.6) is 0 Å². The minimum absolute atomic E-state index is 0.568. The number of rotatable bonds is 9. The predicted molar refractivity (Wildman–Crippen MR) is 90.9 cm³/mol. The molecule has 4 heteroatoms. The largest absolute Gasteiger partial charge is 0.349 e. The molecule has 0 atom stereocenters. The maximum Gasteiger partial charge on any atom is 0.195 e. The van der Waals surface area contributed by atoms with E-state index in [0.29, 0.717) is 0 Å². The Labute approximate surface area is 122 Å². The van der Waals surface area contributed by atoms with Crippen LogP contribution in [0.15, 0.2) is 4.99 Å². The fourth-order valence-corrected chi connectivity index (χ4v) is 3.56. The van der Waals surface area contributed by atoms with Gasteiger partial charge >= 0.3 is 0 Å². The van der Waals surface area contributed by atoms with Gasteiger partial charge in [0.1, 0.15) is 0 Å². The summed E-state index contributed by atoms with van der Waals surface area (Å²) in [6.07, 6.45) is 9.23. The highest BCUT2D eigenvalue weighted by atomic mass is 28.3. The van der Waals surface area contributed by atoms with E-state index in [1.165, 1.54) is 44.7 Å². The molecule has 0 fully saturated rings. The highest BCUT2D eigenvalue weighted by molar-refractivity contribution is 6.56. The smallest absolute Gasteiger partial charge is 0.195 e. The lowest BCUT2D eigenvalue weighted by atomic mass is 10.1. The summed E-state index contributed by atoms with van der Waals surface area (Å²) in [5.74, 6) is 1.15. The van der Waals surface area contributed by atoms with E-state index in [-0.39, 0.29) is 0 Å². The van der Waals surface area contributed by atoms with Crippen LogP contribution < -0.4 is 0 Å². The molecule has 0 unspecified atom stereocenters. The topological polar surface area (TPSA) is 18.8 Å². The van der Waals surface area contributed by atoms with Gasteiger partial charge in [0.05, 0.1) is 8.80 Å². The van der Waals surface area contributed by atoms with Crippen LogP contribution in [0, 0.1) is 0 Å². The van der Waals surface area contributed by atoms with Crippen LogP contribution in [-0.4, -0.2) is 58.4 Å². The molecule has 0 aromatic rings. The minimum Gasteiger partial charge on any atom is -0.349 e. The van der Waals surface area contributed by atoms with Gasteiger partial charge in [-0.2, -0.15) is 0 Å². The maximum atomic E-state index is 4.78. The molecule has 0 aliphatic rings. The van der Waals surface area contributed by atoms with Crippen molar-refractivity contribution in [2.24, 2.45) is 4.99 Å². The van der Waals surface area contributed by atoms with Gasteiger partial charge in [0.2, 0.25) is 0 Å². The van der Waals surface area contributed by atoms with Gasteiger partial charge in [-0.05, 0) is 6.42 Å². The lowest BCUT2D eigenvalue weighted by Crippen LogP contribution is -2.42. The van der Waals surface area contributed by atoms with Crippen molar-refractivity contribution in [2.45, 2.75) is 58.5 Å². The van der Waals surface area contributed by atoms with Gasteiger partial charge in [-0.25, -0.2) is 0 Å². The molecule has 0 heterocycles. The average molecular weight is 286 g/mol. The Hall–Kier alpha value is -0.513. The number of guanidine groups is 1. The first-order valence-electron chi connectivity index (χ1n) is 7.91. The summed E-state index contributed by atoms with van der Waals surface area (Å²) in [6, 6.07) is 0. The van der Waals surface area contributed by atoms with Crippen molar-refractivity contribution in [3.63, 3.8) is 0 Å². The Morgan fingerprint density at radius 3 is 2.05 bits per heavy atom. The van der Waals surface area contributed by atoms with Crippen LogP contribution in [0.25, 0.3) is 0 Å². The zero-order valence-corrected chi connectivity index (χ0v) is 15.2. The van der Waals surface area contributed by atoms with E-state index >= 15 is 0 Å². The van der Waals surface area contributed by atoms with Crippen molar-refractivity contribution in [1.82, 2.24) is 9.80 Å². The van der Waals surface area contributed by atoms with Crippen LogP contribution in [0.3, 0.4) is 0 Å². The second-order valence-corrected chi connectivity index (χ2v) is 9.27. The van der Waals surface area contributed by atoms with Crippen LogP contribution in [0.4, 0.5) is 0 Å². The fourth-order valence-electron chi connectivity index (χ4n) is 2.30. The summed E-state index contributed by atoms with van der Waals surface area (Å²) in [7, 11) is 5.80. The monoisotopic (exact) mass is 285 g/mol. The Morgan fingerprint density at radius 1 is 0.947 bits per heavy atom. The van der Waals surface area contributed by atoms with Crippen LogP contribution in [0.1, 0.15) is 45.4 Å². The molecule has 0 aliphatic carbocycles. The van der Waals surface area contributed by atoms with Gasteiger partial charge < -0.3 is 9.80 Å². The van der Waals surface area contributed by atoms with E-state index in [1.807, 2.05) is 0 Å². The van der Waals surface area contributed by atoms with Crippen LogP contribution in [0.2, 0.25) is 13.1 Å². The average Bonchev–Trinajstić information content (AvgIpc) is 2.31. The summed E-state index contributed by atoms with van der Waals surface area (Å²) in [6.45, 7) is 8.01. The normalized spacial score (nSPS) is 12.1. The van der Waals surface area contributed by atoms with Gasteiger partial charge in [0, 0.05) is 33.9 Å². The minimum atomic E-state index is -0.568. The summed E-state index contributed by atoms with van der Waals surface area (Å²) in [5, 5.41) is 0. The van der Waals surface area contributed by atoms with E-state index in [0.717, 1.165) is 12.5 Å². The summed E-state index contributed by atoms with van der Waals surface area (Å²) >= 11 is 0. The van der Waals surface area contributed by atoms with Gasteiger partial charge in [-0.3, -0.25) is 4.99 Å². The SMILES string of the molecule is CCCCCCCCN=C(N(C)C)N(C)C[SiH](C)C. The predicted octanol–water partition coefficient (Wildman–Crippen LogP) is 3.22. The lowest BCUT2D eigenvalue weighted by molar-refractivity contribution is 0.462. The molecule has 3 nitrogen and oxygen atoms in total. The third-order valence-electron chi connectivity index (χ3n) is 3.15. The molecule has 0 aromatic heterocycles. The van der Waals surface area contributed by atoms with E-state index in [4.69, 9.17) is 4.99 Å². The molecule has 0 aliphatic heterocycles. The summed E-state index contributed by atoms with van der Waals surface area (Å²) in [4.78, 5) is 9.26. The Kier molecular flexibility index (Phi) is 11.0. The molecular weight excluding hydrogens is 250 g/mol. The van der Waals surface area contributed by atoms with E-state index in [9.17, 15) is 0 Å². The second-order valence-electron chi connectivity index (χ2n) is 6.12. The number of hydrogen-bond acceptors (Lipinski definition) is 1. The Bertz CT molecular complexity index is 240. The zero-order chi connectivity index (χ0) is 14.7.